The molecule has 0 saturated carbocycles. The molecule has 124 valence electrons. The standard InChI is InChI=1S/2C10H10O2.Zn/c2*1-8(11)7-10(12)9-5-3-2-4-6-9;/h2*2-7,12H,1H3;/q;;+2/p-2/b2*10-7-;. The minimum absolute atomic E-state index is 0. The molecule has 0 unspecified atom stereocenters. The maximum absolute atomic E-state index is 11.2. The molecular weight excluding hydrogens is 370 g/mol. The van der Waals surface area contributed by atoms with Crippen molar-refractivity contribution in [3.63, 3.8) is 0 Å². The fourth-order valence-corrected chi connectivity index (χ4v) is 1.74. The van der Waals surface area contributed by atoms with Gasteiger partial charge in [0.1, 0.15) is 0 Å². The number of hydrogen-bond acceptors (Lipinski definition) is 4. The molecule has 2 rings (SSSR count). The van der Waals surface area contributed by atoms with E-state index >= 15 is 0 Å². The fraction of sp³-hybridized carbons (Fsp3) is 0.100. The summed E-state index contributed by atoms with van der Waals surface area (Å²) in [5.74, 6) is -0.904. The van der Waals surface area contributed by atoms with E-state index in [0.717, 1.165) is 12.2 Å². The first kappa shape index (κ1) is 22.5. The zero-order valence-corrected chi connectivity index (χ0v) is 17.2. The predicted molar refractivity (Wildman–Crippen MR) is 90.2 cm³/mol. The zero-order chi connectivity index (χ0) is 17.9. The summed E-state index contributed by atoms with van der Waals surface area (Å²) in [7, 11) is 0. The average Bonchev–Trinajstić information content (AvgIpc) is 2.56. The number of ketones is 2. The summed E-state index contributed by atoms with van der Waals surface area (Å²) in [6.07, 6.45) is 2.19. The second-order valence-corrected chi connectivity index (χ2v) is 4.97. The van der Waals surface area contributed by atoms with Crippen LogP contribution < -0.4 is 10.2 Å². The van der Waals surface area contributed by atoms with E-state index in [0.29, 0.717) is 11.1 Å². The summed E-state index contributed by atoms with van der Waals surface area (Å²) in [4.78, 5) is 21.1. The molecule has 0 aliphatic heterocycles. The maximum Gasteiger partial charge on any atom is 2.00 e. The Kier molecular flexibility index (Phi) is 10.7. The van der Waals surface area contributed by atoms with Crippen LogP contribution in [0.15, 0.2) is 72.8 Å². The third-order valence-electron chi connectivity index (χ3n) is 2.79. The van der Waals surface area contributed by atoms with Crippen LogP contribution in [0.3, 0.4) is 0 Å². The largest absolute Gasteiger partial charge is 2.00 e. The second kappa shape index (κ2) is 11.9. The van der Waals surface area contributed by atoms with Crippen molar-refractivity contribution in [3.8, 4) is 0 Å². The summed E-state index contributed by atoms with van der Waals surface area (Å²) in [5, 5.41) is 22.4. The molecule has 0 N–H and O–H groups in total. The van der Waals surface area contributed by atoms with E-state index in [1.54, 1.807) is 48.5 Å². The first-order valence-electron chi connectivity index (χ1n) is 7.29. The van der Waals surface area contributed by atoms with Crippen LogP contribution in [-0.2, 0) is 29.1 Å². The molecule has 0 spiro atoms. The van der Waals surface area contributed by atoms with Gasteiger partial charge < -0.3 is 10.2 Å². The van der Waals surface area contributed by atoms with Crippen molar-refractivity contribution in [2.45, 2.75) is 13.8 Å². The fourth-order valence-electron chi connectivity index (χ4n) is 1.74. The smallest absolute Gasteiger partial charge is 0.872 e. The number of carbonyl (C=O) groups is 2. The van der Waals surface area contributed by atoms with E-state index in [4.69, 9.17) is 0 Å². The molecule has 5 heteroatoms. The van der Waals surface area contributed by atoms with Crippen LogP contribution in [-0.4, -0.2) is 11.6 Å². The quantitative estimate of drug-likeness (QED) is 0.456. The Morgan fingerprint density at radius 3 is 1.20 bits per heavy atom. The SMILES string of the molecule is CC(=O)/C=C(\[O-])c1ccccc1.CC(=O)/C=C(\[O-])c1ccccc1.[Zn+2]. The van der Waals surface area contributed by atoms with Crippen molar-refractivity contribution < 1.29 is 39.3 Å². The van der Waals surface area contributed by atoms with Crippen LogP contribution in [0.5, 0.6) is 0 Å². The zero-order valence-electron chi connectivity index (χ0n) is 14.3. The molecule has 0 bridgehead atoms. The van der Waals surface area contributed by atoms with E-state index in [-0.39, 0.29) is 42.6 Å². The molecule has 0 aliphatic rings. The summed E-state index contributed by atoms with van der Waals surface area (Å²) >= 11 is 0. The Hall–Kier alpha value is -2.52. The third-order valence-corrected chi connectivity index (χ3v) is 2.79. The van der Waals surface area contributed by atoms with Gasteiger partial charge >= 0.3 is 19.5 Å². The van der Waals surface area contributed by atoms with Crippen LogP contribution in [0.4, 0.5) is 0 Å². The summed E-state index contributed by atoms with van der Waals surface area (Å²) < 4.78 is 0. The molecule has 0 aromatic heterocycles. The van der Waals surface area contributed by atoms with E-state index in [9.17, 15) is 19.8 Å². The maximum atomic E-state index is 11.2. The van der Waals surface area contributed by atoms with E-state index in [1.807, 2.05) is 12.1 Å². The molecule has 0 aliphatic carbocycles. The van der Waals surface area contributed by atoms with Gasteiger partial charge in [0.25, 0.3) is 0 Å². The van der Waals surface area contributed by atoms with Crippen LogP contribution in [0, 0.1) is 0 Å². The van der Waals surface area contributed by atoms with Gasteiger partial charge in [-0.15, -0.1) is 0 Å². The Morgan fingerprint density at radius 2 is 0.960 bits per heavy atom. The summed E-state index contributed by atoms with van der Waals surface area (Å²) in [5.41, 5.74) is 1.10. The molecule has 0 radical (unpaired) electrons. The van der Waals surface area contributed by atoms with Gasteiger partial charge in [-0.1, -0.05) is 72.2 Å². The van der Waals surface area contributed by atoms with Gasteiger partial charge in [0.05, 0.1) is 0 Å². The van der Waals surface area contributed by atoms with Crippen molar-refractivity contribution >= 4 is 23.1 Å². The molecule has 0 heterocycles. The van der Waals surface area contributed by atoms with Gasteiger partial charge in [0.2, 0.25) is 0 Å². The summed E-state index contributed by atoms with van der Waals surface area (Å²) in [6, 6.07) is 17.4. The molecule has 0 fully saturated rings. The summed E-state index contributed by atoms with van der Waals surface area (Å²) in [6.45, 7) is 2.72. The predicted octanol–water partition coefficient (Wildman–Crippen LogP) is 1.95. The van der Waals surface area contributed by atoms with Crippen molar-refractivity contribution in [1.82, 2.24) is 0 Å². The second-order valence-electron chi connectivity index (χ2n) is 4.97. The van der Waals surface area contributed by atoms with E-state index < -0.39 is 0 Å². The van der Waals surface area contributed by atoms with Gasteiger partial charge in [-0.25, -0.2) is 0 Å². The van der Waals surface area contributed by atoms with Gasteiger partial charge in [-0.05, 0) is 37.1 Å². The Balaban J connectivity index is 0.000000443. The Labute approximate surface area is 160 Å². The molecule has 0 atom stereocenters. The first-order valence-corrected chi connectivity index (χ1v) is 7.29. The van der Waals surface area contributed by atoms with E-state index in [1.165, 1.54) is 13.8 Å². The number of hydrogen-bond donors (Lipinski definition) is 0. The number of allylic oxidation sites excluding steroid dienone is 2. The minimum atomic E-state index is -0.233. The molecule has 0 saturated heterocycles. The number of benzene rings is 2. The molecule has 4 nitrogen and oxygen atoms in total. The monoisotopic (exact) mass is 386 g/mol. The van der Waals surface area contributed by atoms with Gasteiger partial charge in [-0.3, -0.25) is 9.59 Å². The molecular formula is C20H18O4Zn. The normalized spacial score (nSPS) is 10.8. The number of rotatable bonds is 4. The van der Waals surface area contributed by atoms with Crippen LogP contribution >= 0.6 is 0 Å². The molecule has 25 heavy (non-hydrogen) atoms. The third kappa shape index (κ3) is 9.38. The first-order chi connectivity index (χ1) is 11.4. The van der Waals surface area contributed by atoms with E-state index in [2.05, 4.69) is 0 Å². The van der Waals surface area contributed by atoms with Crippen molar-refractivity contribution in [2.75, 3.05) is 0 Å². The molecule has 2 aromatic carbocycles. The Morgan fingerprint density at radius 1 is 0.680 bits per heavy atom. The topological polar surface area (TPSA) is 80.3 Å². The van der Waals surface area contributed by atoms with Crippen molar-refractivity contribution in [3.05, 3.63) is 83.9 Å². The van der Waals surface area contributed by atoms with Gasteiger partial charge in [-0.2, -0.15) is 0 Å². The van der Waals surface area contributed by atoms with Crippen LogP contribution in [0.25, 0.3) is 11.5 Å². The van der Waals surface area contributed by atoms with Crippen LogP contribution in [0.1, 0.15) is 25.0 Å². The van der Waals surface area contributed by atoms with Gasteiger partial charge in [0.15, 0.2) is 11.6 Å². The molecule has 0 amide bonds. The molecule has 2 aromatic rings. The van der Waals surface area contributed by atoms with Gasteiger partial charge in [0, 0.05) is 0 Å². The Bertz CT molecular complexity index is 669. The van der Waals surface area contributed by atoms with Crippen molar-refractivity contribution in [2.24, 2.45) is 0 Å². The van der Waals surface area contributed by atoms with Crippen LogP contribution in [0.2, 0.25) is 0 Å². The van der Waals surface area contributed by atoms with Crippen molar-refractivity contribution in [1.29, 1.82) is 0 Å². The average molecular weight is 388 g/mol. The minimum Gasteiger partial charge on any atom is -0.872 e. The number of carbonyl (C=O) groups excluding carboxylic acids is 2.